The highest BCUT2D eigenvalue weighted by Gasteiger charge is 2.31. The van der Waals surface area contributed by atoms with Crippen LogP contribution in [-0.4, -0.2) is 24.3 Å². The summed E-state index contributed by atoms with van der Waals surface area (Å²) in [4.78, 5) is 24.0. The second kappa shape index (κ2) is 8.38. The van der Waals surface area contributed by atoms with Crippen LogP contribution in [0.5, 0.6) is 5.75 Å². The van der Waals surface area contributed by atoms with Crippen molar-refractivity contribution in [2.24, 2.45) is 0 Å². The second-order valence-corrected chi connectivity index (χ2v) is 6.15. The molecule has 0 spiro atoms. The average molecular weight is 450 g/mol. The van der Waals surface area contributed by atoms with E-state index < -0.39 is 35.9 Å². The zero-order valence-electron chi connectivity index (χ0n) is 13.6. The fourth-order valence-electron chi connectivity index (χ4n) is 1.92. The van der Waals surface area contributed by atoms with E-state index in [0.29, 0.717) is 4.47 Å². The van der Waals surface area contributed by atoms with Crippen LogP contribution < -0.4 is 10.1 Å². The van der Waals surface area contributed by atoms with Crippen LogP contribution in [0.4, 0.5) is 23.2 Å². The number of anilines is 1. The Labute approximate surface area is 159 Å². The highest BCUT2D eigenvalue weighted by Crippen LogP contribution is 2.24. The van der Waals surface area contributed by atoms with Crippen LogP contribution in [0.1, 0.15) is 17.3 Å². The van der Waals surface area contributed by atoms with Crippen LogP contribution in [0.15, 0.2) is 46.9 Å². The molecule has 0 aromatic heterocycles. The predicted octanol–water partition coefficient (Wildman–Crippen LogP) is 4.67. The first-order valence-corrected chi connectivity index (χ1v) is 8.17. The van der Waals surface area contributed by atoms with Gasteiger partial charge >= 0.3 is 12.3 Å². The number of esters is 1. The van der Waals surface area contributed by atoms with Crippen molar-refractivity contribution >= 4 is 33.5 Å². The molecule has 27 heavy (non-hydrogen) atoms. The third kappa shape index (κ3) is 6.24. The zero-order chi connectivity index (χ0) is 20.2. The summed E-state index contributed by atoms with van der Waals surface area (Å²) in [5, 5.41) is 2.36. The van der Waals surface area contributed by atoms with E-state index in [4.69, 9.17) is 4.74 Å². The number of hydrogen-bond donors (Lipinski definition) is 1. The number of carbonyl (C=O) groups excluding carboxylic acids is 2. The van der Waals surface area contributed by atoms with E-state index in [1.165, 1.54) is 31.2 Å². The maximum atomic E-state index is 13.7. The molecule has 0 saturated carbocycles. The molecule has 1 amide bonds. The van der Waals surface area contributed by atoms with E-state index in [-0.39, 0.29) is 11.3 Å². The fraction of sp³-hybridized carbons (Fsp3) is 0.176. The van der Waals surface area contributed by atoms with Crippen molar-refractivity contribution in [3.63, 3.8) is 0 Å². The summed E-state index contributed by atoms with van der Waals surface area (Å²) >= 11 is 3.05. The smallest absolute Gasteiger partial charge is 0.449 e. The molecule has 0 fully saturated rings. The number of carbonyl (C=O) groups is 2. The van der Waals surface area contributed by atoms with Gasteiger partial charge in [0.15, 0.2) is 6.10 Å². The van der Waals surface area contributed by atoms with E-state index in [1.54, 1.807) is 0 Å². The highest BCUT2D eigenvalue weighted by atomic mass is 79.9. The van der Waals surface area contributed by atoms with E-state index in [9.17, 15) is 27.2 Å². The van der Waals surface area contributed by atoms with Gasteiger partial charge in [0.1, 0.15) is 11.6 Å². The quantitative estimate of drug-likeness (QED) is 0.532. The van der Waals surface area contributed by atoms with Crippen LogP contribution >= 0.6 is 15.9 Å². The van der Waals surface area contributed by atoms with Crippen molar-refractivity contribution in [2.45, 2.75) is 19.4 Å². The van der Waals surface area contributed by atoms with E-state index in [0.717, 1.165) is 18.2 Å². The monoisotopic (exact) mass is 449 g/mol. The Morgan fingerprint density at radius 1 is 1.11 bits per heavy atom. The lowest BCUT2D eigenvalue weighted by Gasteiger charge is -2.14. The molecule has 0 heterocycles. The van der Waals surface area contributed by atoms with Crippen LogP contribution in [-0.2, 0) is 9.53 Å². The Morgan fingerprint density at radius 2 is 1.74 bits per heavy atom. The Hall–Kier alpha value is -2.62. The maximum Gasteiger partial charge on any atom is 0.573 e. The summed E-state index contributed by atoms with van der Waals surface area (Å²) in [6.07, 6.45) is -6.10. The van der Waals surface area contributed by atoms with Crippen LogP contribution in [0.3, 0.4) is 0 Å². The third-order valence-corrected chi connectivity index (χ3v) is 3.65. The minimum atomic E-state index is -4.82. The molecule has 144 valence electrons. The molecule has 2 aromatic rings. The first-order valence-electron chi connectivity index (χ1n) is 7.38. The number of ether oxygens (including phenoxy) is 2. The molecule has 0 aliphatic heterocycles. The summed E-state index contributed by atoms with van der Waals surface area (Å²) in [6.45, 7) is 1.27. The summed E-state index contributed by atoms with van der Waals surface area (Å²) in [5.41, 5.74) is -0.182. The molecule has 2 aromatic carbocycles. The molecule has 0 bridgehead atoms. The molecule has 1 unspecified atom stereocenters. The summed E-state index contributed by atoms with van der Waals surface area (Å²) < 4.78 is 59.1. The molecule has 1 N–H and O–H groups in total. The highest BCUT2D eigenvalue weighted by molar-refractivity contribution is 9.10. The average Bonchev–Trinajstić information content (AvgIpc) is 2.55. The van der Waals surface area contributed by atoms with Crippen molar-refractivity contribution < 1.29 is 36.6 Å². The summed E-state index contributed by atoms with van der Waals surface area (Å²) in [5.74, 6) is -3.05. The fourth-order valence-corrected chi connectivity index (χ4v) is 2.25. The van der Waals surface area contributed by atoms with Gasteiger partial charge in [0, 0.05) is 10.2 Å². The molecule has 0 aliphatic rings. The van der Waals surface area contributed by atoms with Crippen LogP contribution in [0, 0.1) is 5.82 Å². The maximum absolute atomic E-state index is 13.7. The van der Waals surface area contributed by atoms with E-state index in [2.05, 4.69) is 26.0 Å². The van der Waals surface area contributed by atoms with Crippen LogP contribution in [0.25, 0.3) is 0 Å². The first kappa shape index (κ1) is 20.7. The van der Waals surface area contributed by atoms with Gasteiger partial charge in [-0.3, -0.25) is 4.79 Å². The molecule has 0 aliphatic carbocycles. The molecular weight excluding hydrogens is 438 g/mol. The van der Waals surface area contributed by atoms with Gasteiger partial charge in [0.2, 0.25) is 0 Å². The topological polar surface area (TPSA) is 64.6 Å². The molecule has 1 atom stereocenters. The number of halogens is 5. The van der Waals surface area contributed by atoms with Crippen LogP contribution in [0.2, 0.25) is 0 Å². The molecule has 10 heteroatoms. The normalized spacial score (nSPS) is 12.2. The van der Waals surface area contributed by atoms with Gasteiger partial charge in [-0.1, -0.05) is 15.9 Å². The summed E-state index contributed by atoms with van der Waals surface area (Å²) in [7, 11) is 0. The largest absolute Gasteiger partial charge is 0.573 e. The first-order chi connectivity index (χ1) is 12.5. The minimum absolute atomic E-state index is 0.159. The third-order valence-electron chi connectivity index (χ3n) is 3.16. The number of nitrogens with one attached hydrogen (secondary N) is 1. The number of amides is 1. The van der Waals surface area contributed by atoms with Crippen molar-refractivity contribution in [3.8, 4) is 5.75 Å². The van der Waals surface area contributed by atoms with Gasteiger partial charge in [0.25, 0.3) is 5.91 Å². The molecular formula is C17H12BrF4NO4. The predicted molar refractivity (Wildman–Crippen MR) is 90.7 cm³/mol. The van der Waals surface area contributed by atoms with Gasteiger partial charge in [-0.15, -0.1) is 13.2 Å². The number of rotatable bonds is 5. The zero-order valence-corrected chi connectivity index (χ0v) is 15.2. The molecule has 0 saturated heterocycles. The number of alkyl halides is 3. The van der Waals surface area contributed by atoms with Crippen molar-refractivity contribution in [1.29, 1.82) is 0 Å². The lowest BCUT2D eigenvalue weighted by atomic mass is 10.2. The van der Waals surface area contributed by atoms with Crippen molar-refractivity contribution in [1.82, 2.24) is 0 Å². The Bertz CT molecular complexity index is 840. The minimum Gasteiger partial charge on any atom is -0.449 e. The van der Waals surface area contributed by atoms with E-state index in [1.807, 2.05) is 0 Å². The number of hydrogen-bond acceptors (Lipinski definition) is 4. The molecule has 0 radical (unpaired) electrons. The molecule has 2 rings (SSSR count). The molecule has 5 nitrogen and oxygen atoms in total. The van der Waals surface area contributed by atoms with Gasteiger partial charge in [-0.25, -0.2) is 9.18 Å². The standard InChI is InChI=1S/C17H12BrF4NO4/c1-9(26-16(25)13-7-2-10(18)8-14(13)19)15(24)23-11-3-5-12(6-4-11)27-17(20,21)22/h2-9H,1H3,(H,23,24). The van der Waals surface area contributed by atoms with Gasteiger partial charge in [0.05, 0.1) is 5.56 Å². The second-order valence-electron chi connectivity index (χ2n) is 5.23. The number of benzene rings is 2. The summed E-state index contributed by atoms with van der Waals surface area (Å²) in [6, 6.07) is 8.10. The Balaban J connectivity index is 1.96. The van der Waals surface area contributed by atoms with Crippen molar-refractivity contribution in [3.05, 3.63) is 58.3 Å². The Morgan fingerprint density at radius 3 is 2.30 bits per heavy atom. The Kier molecular flexibility index (Phi) is 6.42. The van der Waals surface area contributed by atoms with Gasteiger partial charge in [-0.2, -0.15) is 0 Å². The SMILES string of the molecule is CC(OC(=O)c1ccc(Br)cc1F)C(=O)Nc1ccc(OC(F)(F)F)cc1. The lowest BCUT2D eigenvalue weighted by molar-refractivity contribution is -0.274. The van der Waals surface area contributed by atoms with E-state index >= 15 is 0 Å². The van der Waals surface area contributed by atoms with Crippen molar-refractivity contribution in [2.75, 3.05) is 5.32 Å². The lowest BCUT2D eigenvalue weighted by Crippen LogP contribution is -2.30. The van der Waals surface area contributed by atoms with Gasteiger partial charge < -0.3 is 14.8 Å². The van der Waals surface area contributed by atoms with Gasteiger partial charge in [-0.05, 0) is 49.4 Å².